The first-order valence-electron chi connectivity index (χ1n) is 29.5. The van der Waals surface area contributed by atoms with Crippen LogP contribution in [0.4, 0.5) is 0 Å². The Morgan fingerprint density at radius 2 is 0.841 bits per heavy atom. The van der Waals surface area contributed by atoms with Gasteiger partial charge in [-0.2, -0.15) is 0 Å². The first-order chi connectivity index (χ1) is 33.5. The summed E-state index contributed by atoms with van der Waals surface area (Å²) in [4.78, 5) is 25.5. The number of aliphatic hydroxyl groups is 1. The van der Waals surface area contributed by atoms with Crippen LogP contribution in [-0.4, -0.2) is 68.5 Å². The van der Waals surface area contributed by atoms with Gasteiger partial charge in [-0.15, -0.1) is 0 Å². The third-order valence-electron chi connectivity index (χ3n) is 13.3. The third-order valence-corrected chi connectivity index (χ3v) is 14.2. The van der Waals surface area contributed by atoms with Crippen molar-refractivity contribution < 1.29 is 32.9 Å². The van der Waals surface area contributed by atoms with Crippen LogP contribution in [0.5, 0.6) is 0 Å². The van der Waals surface area contributed by atoms with Gasteiger partial charge in [-0.05, 0) is 57.8 Å². The molecular weight excluding hydrogens is 876 g/mol. The van der Waals surface area contributed by atoms with Crippen molar-refractivity contribution >= 4 is 13.7 Å². The lowest BCUT2D eigenvalue weighted by molar-refractivity contribution is -0.870. The van der Waals surface area contributed by atoms with Gasteiger partial charge in [-0.1, -0.05) is 262 Å². The first-order valence-corrected chi connectivity index (χ1v) is 31.0. The summed E-state index contributed by atoms with van der Waals surface area (Å²) in [7, 11) is 1.26. The Hall–Kier alpha value is -1.54. The van der Waals surface area contributed by atoms with Gasteiger partial charge < -0.3 is 28.8 Å². The number of carbonyl (C=O) groups excluding carboxylic acids is 1. The lowest BCUT2D eigenvalue weighted by Crippen LogP contribution is -2.45. The van der Waals surface area contributed by atoms with E-state index in [-0.39, 0.29) is 19.1 Å². The van der Waals surface area contributed by atoms with Crippen molar-refractivity contribution in [3.63, 3.8) is 0 Å². The molecule has 406 valence electrons. The van der Waals surface area contributed by atoms with Crippen LogP contribution < -0.4 is 10.2 Å². The van der Waals surface area contributed by atoms with Gasteiger partial charge in [0, 0.05) is 6.42 Å². The summed E-state index contributed by atoms with van der Waals surface area (Å²) in [5.41, 5.74) is 0. The van der Waals surface area contributed by atoms with Crippen LogP contribution in [-0.2, 0) is 18.4 Å². The molecule has 0 aromatic heterocycles. The minimum Gasteiger partial charge on any atom is -0.756 e. The fraction of sp³-hybridized carbons (Fsp3) is 0.850. The van der Waals surface area contributed by atoms with Crippen LogP contribution in [0, 0.1) is 0 Å². The van der Waals surface area contributed by atoms with Crippen molar-refractivity contribution in [3.8, 4) is 0 Å². The van der Waals surface area contributed by atoms with E-state index in [1.807, 2.05) is 27.2 Å². The molecule has 0 rings (SSSR count). The minimum absolute atomic E-state index is 0.00334. The number of likely N-dealkylation sites (N-methyl/N-ethyl adjacent to an activating group) is 1. The normalized spacial score (nSPS) is 14.2. The Morgan fingerprint density at radius 3 is 1.22 bits per heavy atom. The molecule has 3 unspecified atom stereocenters. The molecule has 0 saturated carbocycles. The molecule has 3 atom stereocenters. The molecule has 0 spiro atoms. The highest BCUT2D eigenvalue weighted by Crippen LogP contribution is 2.38. The number of hydrogen-bond donors (Lipinski definition) is 2. The molecule has 0 aromatic rings. The summed E-state index contributed by atoms with van der Waals surface area (Å²) in [5.74, 6) is -0.203. The average molecular weight is 992 g/mol. The van der Waals surface area contributed by atoms with Gasteiger partial charge in [-0.25, -0.2) is 0 Å². The van der Waals surface area contributed by atoms with E-state index in [9.17, 15) is 19.4 Å². The fourth-order valence-electron chi connectivity index (χ4n) is 8.63. The molecule has 2 N–H and O–H groups in total. The predicted octanol–water partition coefficient (Wildman–Crippen LogP) is 17.3. The number of amides is 1. The summed E-state index contributed by atoms with van der Waals surface area (Å²) in [6, 6.07) is -0.893. The van der Waals surface area contributed by atoms with E-state index in [1.54, 1.807) is 6.08 Å². The topological polar surface area (TPSA) is 108 Å². The zero-order valence-electron chi connectivity index (χ0n) is 46.3. The summed E-state index contributed by atoms with van der Waals surface area (Å²) < 4.78 is 23.4. The van der Waals surface area contributed by atoms with E-state index in [1.165, 1.54) is 199 Å². The second-order valence-electron chi connectivity index (χ2n) is 21.4. The van der Waals surface area contributed by atoms with Crippen LogP contribution in [0.25, 0.3) is 0 Å². The Morgan fingerprint density at radius 1 is 0.507 bits per heavy atom. The molecule has 8 nitrogen and oxygen atoms in total. The van der Waals surface area contributed by atoms with Gasteiger partial charge in [-0.3, -0.25) is 9.36 Å². The molecule has 0 fully saturated rings. The van der Waals surface area contributed by atoms with Crippen LogP contribution in [0.1, 0.15) is 277 Å². The molecular formula is C60H115N2O6P. The zero-order chi connectivity index (χ0) is 50.6. The Kier molecular flexibility index (Phi) is 50.2. The Labute approximate surface area is 429 Å². The van der Waals surface area contributed by atoms with E-state index in [4.69, 9.17) is 9.05 Å². The van der Waals surface area contributed by atoms with Gasteiger partial charge in [0.1, 0.15) is 13.2 Å². The molecule has 0 aliphatic carbocycles. The van der Waals surface area contributed by atoms with Crippen molar-refractivity contribution in [3.05, 3.63) is 48.6 Å². The van der Waals surface area contributed by atoms with E-state index in [0.29, 0.717) is 17.4 Å². The minimum atomic E-state index is -4.60. The lowest BCUT2D eigenvalue weighted by Gasteiger charge is -2.29. The van der Waals surface area contributed by atoms with Crippen molar-refractivity contribution in [2.75, 3.05) is 40.9 Å². The molecule has 0 bridgehead atoms. The monoisotopic (exact) mass is 991 g/mol. The smallest absolute Gasteiger partial charge is 0.268 e. The molecule has 0 aliphatic rings. The molecule has 69 heavy (non-hydrogen) atoms. The number of quaternary nitrogens is 1. The molecule has 0 heterocycles. The molecule has 0 radical (unpaired) electrons. The van der Waals surface area contributed by atoms with Gasteiger partial charge in [0.15, 0.2) is 0 Å². The van der Waals surface area contributed by atoms with Crippen molar-refractivity contribution in [2.24, 2.45) is 0 Å². The number of carbonyl (C=O) groups is 1. The molecule has 9 heteroatoms. The van der Waals surface area contributed by atoms with Crippen LogP contribution >= 0.6 is 7.82 Å². The number of rotatable bonds is 54. The van der Waals surface area contributed by atoms with E-state index in [0.717, 1.165) is 57.8 Å². The highest BCUT2D eigenvalue weighted by atomic mass is 31.2. The average Bonchev–Trinajstić information content (AvgIpc) is 3.31. The SMILES string of the molecule is CCCCCCC/C=C\C/C=C\C/C=C\CCCCCCCCCCC(=O)NC(COP(=O)([O-])OCC[N+](C)(C)C)C(O)/C=C/CCCCCCCCCCCCCCCCCCCCCCCC. The highest BCUT2D eigenvalue weighted by molar-refractivity contribution is 7.45. The number of phosphoric ester groups is 1. The molecule has 0 saturated heterocycles. The number of nitrogens with zero attached hydrogens (tertiary/aromatic N) is 1. The third kappa shape index (κ3) is 54.1. The molecule has 0 aliphatic heterocycles. The van der Waals surface area contributed by atoms with Crippen molar-refractivity contribution in [1.82, 2.24) is 5.32 Å². The van der Waals surface area contributed by atoms with E-state index in [2.05, 4.69) is 55.6 Å². The first kappa shape index (κ1) is 67.5. The number of phosphoric acid groups is 1. The summed E-state index contributed by atoms with van der Waals surface area (Å²) >= 11 is 0. The van der Waals surface area contributed by atoms with Crippen molar-refractivity contribution in [1.29, 1.82) is 0 Å². The fourth-order valence-corrected chi connectivity index (χ4v) is 9.36. The number of aliphatic hydroxyl groups excluding tert-OH is 1. The number of nitrogens with one attached hydrogen (secondary N) is 1. The maximum atomic E-state index is 13.0. The van der Waals surface area contributed by atoms with Gasteiger partial charge in [0.2, 0.25) is 5.91 Å². The quantitative estimate of drug-likeness (QED) is 0.0272. The summed E-state index contributed by atoms with van der Waals surface area (Å²) in [6.07, 6.45) is 67.5. The lowest BCUT2D eigenvalue weighted by atomic mass is 10.0. The number of unbranched alkanes of at least 4 members (excludes halogenated alkanes) is 35. The maximum Gasteiger partial charge on any atom is 0.268 e. The maximum absolute atomic E-state index is 13.0. The van der Waals surface area contributed by atoms with Crippen LogP contribution in [0.15, 0.2) is 48.6 Å². The number of allylic oxidation sites excluding steroid dienone is 7. The van der Waals surface area contributed by atoms with Gasteiger partial charge >= 0.3 is 0 Å². The Balaban J connectivity index is 4.23. The Bertz CT molecular complexity index is 1260. The largest absolute Gasteiger partial charge is 0.756 e. The molecule has 0 aromatic carbocycles. The second kappa shape index (κ2) is 51.4. The van der Waals surface area contributed by atoms with Crippen LogP contribution in [0.3, 0.4) is 0 Å². The molecule has 1 amide bonds. The van der Waals surface area contributed by atoms with Crippen LogP contribution in [0.2, 0.25) is 0 Å². The van der Waals surface area contributed by atoms with Gasteiger partial charge in [0.25, 0.3) is 7.82 Å². The van der Waals surface area contributed by atoms with Crippen molar-refractivity contribution in [2.45, 2.75) is 289 Å². The predicted molar refractivity (Wildman–Crippen MR) is 298 cm³/mol. The zero-order valence-corrected chi connectivity index (χ0v) is 47.2. The standard InChI is InChI=1S/C60H115N2O6P/c1-6-8-10-12-14-16-18-20-22-24-26-28-30-32-33-35-37-39-41-43-45-47-49-51-53-59(63)58(57-68-69(65,66)67-56-55-62(3,4)5)61-60(64)54-52-50-48-46-44-42-40-38-36-34-31-29-27-25-23-21-19-17-15-13-11-9-7-2/h19,21,25,27,31,34,51,53,58-59,63H,6-18,20,22-24,26,28-30,32-33,35-50,52,54-57H2,1-5H3,(H-,61,64,65,66)/b21-19-,27-25-,34-31-,53-51+. The summed E-state index contributed by atoms with van der Waals surface area (Å²) in [5, 5.41) is 13.9. The second-order valence-corrected chi connectivity index (χ2v) is 22.8. The van der Waals surface area contributed by atoms with Gasteiger partial charge in [0.05, 0.1) is 39.9 Å². The number of hydrogen-bond acceptors (Lipinski definition) is 6. The summed E-state index contributed by atoms with van der Waals surface area (Å²) in [6.45, 7) is 4.66. The van der Waals surface area contributed by atoms with E-state index >= 15 is 0 Å². The van der Waals surface area contributed by atoms with E-state index < -0.39 is 20.0 Å². The highest BCUT2D eigenvalue weighted by Gasteiger charge is 2.23.